The molecule has 2 heterocycles. The van der Waals surface area contributed by atoms with E-state index in [4.69, 9.17) is 39.1 Å². The van der Waals surface area contributed by atoms with Gasteiger partial charge in [0.25, 0.3) is 0 Å². The van der Waals surface area contributed by atoms with E-state index in [2.05, 4.69) is 11.1 Å². The first-order chi connectivity index (χ1) is 12.6. The molecule has 0 radical (unpaired) electrons. The Kier molecular flexibility index (Phi) is 5.74. The number of nitriles is 1. The zero-order valence-electron chi connectivity index (χ0n) is 13.6. The summed E-state index contributed by atoms with van der Waals surface area (Å²) in [6.07, 6.45) is 3.56. The Balaban J connectivity index is 2.31. The molecule has 3 N–H and O–H groups in total. The van der Waals surface area contributed by atoms with E-state index < -0.39 is 0 Å². The fourth-order valence-electron chi connectivity index (χ4n) is 2.75. The van der Waals surface area contributed by atoms with E-state index in [1.54, 1.807) is 18.2 Å². The molecule has 1 aromatic heterocycles. The molecule has 132 valence electrons. The maximum absolute atomic E-state index is 9.87. The van der Waals surface area contributed by atoms with Crippen LogP contribution in [0.15, 0.2) is 29.3 Å². The second-order valence-corrected chi connectivity index (χ2v) is 7.31. The molecule has 0 amide bonds. The smallest absolute Gasteiger partial charge is 0.143 e. The number of thiophene rings is 1. The predicted octanol–water partition coefficient (Wildman–Crippen LogP) is 4.71. The lowest BCUT2D eigenvalue weighted by atomic mass is 9.97. The van der Waals surface area contributed by atoms with Gasteiger partial charge in [-0.05, 0) is 24.1 Å². The lowest BCUT2D eigenvalue weighted by molar-refractivity contribution is 0.161. The van der Waals surface area contributed by atoms with Crippen molar-refractivity contribution in [1.82, 2.24) is 0 Å². The van der Waals surface area contributed by atoms with Gasteiger partial charge in [-0.3, -0.25) is 5.41 Å². The number of halogens is 2. The van der Waals surface area contributed by atoms with Crippen molar-refractivity contribution in [1.29, 1.82) is 10.7 Å². The molecule has 0 fully saturated rings. The van der Waals surface area contributed by atoms with Crippen molar-refractivity contribution < 1.29 is 4.74 Å². The highest BCUT2D eigenvalue weighted by Crippen LogP contribution is 2.43. The Bertz CT molecular complexity index is 972. The fraction of sp³-hybridized carbons (Fsp3) is 0.167. The highest BCUT2D eigenvalue weighted by Gasteiger charge is 2.25. The van der Waals surface area contributed by atoms with Crippen molar-refractivity contribution >= 4 is 52.3 Å². The monoisotopic (exact) mass is 404 g/mol. The topological polar surface area (TPSA) is 95.2 Å². The van der Waals surface area contributed by atoms with Crippen LogP contribution in [0.25, 0.3) is 16.7 Å². The molecular weight excluding hydrogens is 391 g/mol. The van der Waals surface area contributed by atoms with E-state index in [0.29, 0.717) is 51.2 Å². The van der Waals surface area contributed by atoms with Gasteiger partial charge >= 0.3 is 0 Å². The van der Waals surface area contributed by atoms with Crippen LogP contribution in [-0.2, 0) is 4.74 Å². The Hall–Kier alpha value is -2.17. The number of rotatable bonds is 4. The number of benzene rings is 1. The average Bonchev–Trinajstić information content (AvgIpc) is 3.02. The van der Waals surface area contributed by atoms with Crippen molar-refractivity contribution in [2.24, 2.45) is 10.7 Å². The highest BCUT2D eigenvalue weighted by atomic mass is 35.5. The second kappa shape index (κ2) is 8.02. The zero-order valence-corrected chi connectivity index (χ0v) is 15.9. The number of nitrogens with zero attached hydrogens (tertiary/aromatic N) is 2. The number of hydrogen-bond donors (Lipinski definition) is 2. The van der Waals surface area contributed by atoms with Crippen LogP contribution in [0.5, 0.6) is 0 Å². The van der Waals surface area contributed by atoms with Gasteiger partial charge in [0.15, 0.2) is 0 Å². The van der Waals surface area contributed by atoms with E-state index in [0.717, 1.165) is 16.8 Å². The number of nitrogens with two attached hydrogens (primary N) is 1. The van der Waals surface area contributed by atoms with Gasteiger partial charge in [-0.1, -0.05) is 35.3 Å². The highest BCUT2D eigenvalue weighted by molar-refractivity contribution is 7.16. The summed E-state index contributed by atoms with van der Waals surface area (Å²) in [7, 11) is 0. The zero-order chi connectivity index (χ0) is 18.7. The van der Waals surface area contributed by atoms with E-state index in [1.165, 1.54) is 11.3 Å². The molecule has 0 spiro atoms. The van der Waals surface area contributed by atoms with Crippen molar-refractivity contribution in [3.05, 3.63) is 49.6 Å². The van der Waals surface area contributed by atoms with E-state index in [-0.39, 0.29) is 5.84 Å². The average molecular weight is 405 g/mol. The molecule has 0 atom stereocenters. The van der Waals surface area contributed by atoms with Gasteiger partial charge in [-0.15, -0.1) is 11.3 Å². The van der Waals surface area contributed by atoms with Gasteiger partial charge in [0.2, 0.25) is 0 Å². The number of aliphatic imine (C=N–C) groups is 1. The Morgan fingerprint density at radius 1 is 1.42 bits per heavy atom. The molecule has 5 nitrogen and oxygen atoms in total. The SMILES string of the molecule is N#Cc1c(C2=CCOCC2)sc(C(N)=NC=N)c1-c1ccc(Cl)cc1Cl. The first-order valence-electron chi connectivity index (χ1n) is 7.68. The van der Waals surface area contributed by atoms with Gasteiger partial charge in [-0.2, -0.15) is 5.26 Å². The summed E-state index contributed by atoms with van der Waals surface area (Å²) >= 11 is 13.8. The molecule has 0 saturated carbocycles. The lowest BCUT2D eigenvalue weighted by Crippen LogP contribution is -2.12. The molecule has 1 aliphatic heterocycles. The van der Waals surface area contributed by atoms with Crippen molar-refractivity contribution in [3.63, 3.8) is 0 Å². The van der Waals surface area contributed by atoms with Crippen LogP contribution in [0.3, 0.4) is 0 Å². The minimum atomic E-state index is 0.168. The molecule has 1 aliphatic rings. The number of nitrogens with one attached hydrogen (secondary N) is 1. The summed E-state index contributed by atoms with van der Waals surface area (Å²) in [5.74, 6) is 0.168. The minimum absolute atomic E-state index is 0.168. The van der Waals surface area contributed by atoms with E-state index in [9.17, 15) is 5.26 Å². The Morgan fingerprint density at radius 3 is 2.85 bits per heavy atom. The molecule has 8 heteroatoms. The summed E-state index contributed by atoms with van der Waals surface area (Å²) in [6.45, 7) is 1.11. The fourth-order valence-corrected chi connectivity index (χ4v) is 4.50. The number of amidine groups is 1. The summed E-state index contributed by atoms with van der Waals surface area (Å²) in [6, 6.07) is 7.38. The van der Waals surface area contributed by atoms with Gasteiger partial charge in [0, 0.05) is 26.0 Å². The van der Waals surface area contributed by atoms with E-state index in [1.807, 2.05) is 6.08 Å². The summed E-state index contributed by atoms with van der Waals surface area (Å²) in [5, 5.41) is 18.0. The van der Waals surface area contributed by atoms with Crippen LogP contribution in [0.4, 0.5) is 0 Å². The molecule has 1 aromatic carbocycles. The molecule has 26 heavy (non-hydrogen) atoms. The van der Waals surface area contributed by atoms with Gasteiger partial charge < -0.3 is 10.5 Å². The van der Waals surface area contributed by atoms with Crippen LogP contribution in [0, 0.1) is 16.7 Å². The van der Waals surface area contributed by atoms with Crippen molar-refractivity contribution in [3.8, 4) is 17.2 Å². The number of ether oxygens (including phenoxy) is 1. The van der Waals surface area contributed by atoms with E-state index >= 15 is 0 Å². The van der Waals surface area contributed by atoms with Crippen molar-refractivity contribution in [2.45, 2.75) is 6.42 Å². The molecular formula is C18H14Cl2N4OS. The standard InChI is InChI=1S/C18H14Cl2N4OS/c19-11-1-2-12(14(20)7-11)15-13(8-21)16(10-3-5-25-6-4-10)26-17(15)18(23)24-9-22/h1-3,7,9H,4-6H2,(H3,22,23,24). The molecule has 0 saturated heterocycles. The number of hydrogen-bond acceptors (Lipinski definition) is 4. The van der Waals surface area contributed by atoms with Crippen LogP contribution < -0.4 is 5.73 Å². The first kappa shape index (κ1) is 18.6. The van der Waals surface area contributed by atoms with Crippen LogP contribution in [0.1, 0.15) is 21.7 Å². The van der Waals surface area contributed by atoms with Gasteiger partial charge in [-0.25, -0.2) is 4.99 Å². The lowest BCUT2D eigenvalue weighted by Gasteiger charge is -2.12. The molecule has 3 rings (SSSR count). The van der Waals surface area contributed by atoms with Gasteiger partial charge in [0.05, 0.1) is 23.7 Å². The van der Waals surface area contributed by atoms with Crippen LogP contribution >= 0.6 is 34.5 Å². The third kappa shape index (κ3) is 3.53. The van der Waals surface area contributed by atoms with Crippen LogP contribution in [0.2, 0.25) is 10.0 Å². The maximum Gasteiger partial charge on any atom is 0.143 e. The third-order valence-electron chi connectivity index (χ3n) is 3.91. The predicted molar refractivity (Wildman–Crippen MR) is 107 cm³/mol. The first-order valence-corrected chi connectivity index (χ1v) is 9.26. The maximum atomic E-state index is 9.87. The molecule has 2 aromatic rings. The van der Waals surface area contributed by atoms with Crippen LogP contribution in [-0.4, -0.2) is 25.4 Å². The quantitative estimate of drug-likeness (QED) is 0.570. The summed E-state index contributed by atoms with van der Waals surface area (Å²) < 4.78 is 5.37. The summed E-state index contributed by atoms with van der Waals surface area (Å²) in [5.41, 5.74) is 8.88. The normalized spacial score (nSPS) is 14.7. The van der Waals surface area contributed by atoms with Gasteiger partial charge in [0.1, 0.15) is 18.2 Å². The summed E-state index contributed by atoms with van der Waals surface area (Å²) in [4.78, 5) is 5.32. The molecule has 0 bridgehead atoms. The molecule has 0 aliphatic carbocycles. The Morgan fingerprint density at radius 2 is 2.23 bits per heavy atom. The second-order valence-electron chi connectivity index (χ2n) is 5.44. The largest absolute Gasteiger partial charge is 0.382 e. The minimum Gasteiger partial charge on any atom is -0.382 e. The van der Waals surface area contributed by atoms with Crippen molar-refractivity contribution in [2.75, 3.05) is 13.2 Å². The molecule has 0 unspecified atom stereocenters. The Labute approximate surface area is 164 Å². The third-order valence-corrected chi connectivity index (χ3v) is 5.75.